The molecule has 0 amide bonds. The van der Waals surface area contributed by atoms with Gasteiger partial charge >= 0.3 is 0 Å². The van der Waals surface area contributed by atoms with Gasteiger partial charge in [-0.3, -0.25) is 0 Å². The fourth-order valence-electron chi connectivity index (χ4n) is 2.03. The molecule has 5 heteroatoms. The molecule has 2 aromatic rings. The molecule has 0 aliphatic carbocycles. The third-order valence-corrected chi connectivity index (χ3v) is 3.88. The molecule has 0 spiro atoms. The van der Waals surface area contributed by atoms with Crippen LogP contribution in [-0.2, 0) is 12.8 Å². The molecular weight excluding hydrogens is 331 g/mol. The van der Waals surface area contributed by atoms with Crippen LogP contribution in [0.25, 0.3) is 0 Å². The molecule has 2 rings (SSSR count). The second-order valence-corrected chi connectivity index (χ2v) is 5.42. The Kier molecular flexibility index (Phi) is 4.83. The molecule has 20 heavy (non-hydrogen) atoms. The van der Waals surface area contributed by atoms with Gasteiger partial charge in [-0.15, -0.1) is 0 Å². The largest absolute Gasteiger partial charge is 0.327 e. The predicted molar refractivity (Wildman–Crippen MR) is 75.8 cm³/mol. The van der Waals surface area contributed by atoms with Gasteiger partial charge in [0.15, 0.2) is 11.6 Å². The summed E-state index contributed by atoms with van der Waals surface area (Å²) >= 11 is 3.18. The third kappa shape index (κ3) is 3.61. The van der Waals surface area contributed by atoms with Crippen LogP contribution in [0.15, 0.2) is 40.9 Å². The normalized spacial score (nSPS) is 12.4. The molecule has 2 N–H and O–H groups in total. The number of halogens is 4. The van der Waals surface area contributed by atoms with Gasteiger partial charge in [0.1, 0.15) is 5.82 Å². The van der Waals surface area contributed by atoms with Crippen molar-refractivity contribution in [3.8, 4) is 0 Å². The van der Waals surface area contributed by atoms with Crippen molar-refractivity contribution >= 4 is 15.9 Å². The average molecular weight is 344 g/mol. The second kappa shape index (κ2) is 6.41. The van der Waals surface area contributed by atoms with Crippen LogP contribution < -0.4 is 5.73 Å². The van der Waals surface area contributed by atoms with Crippen LogP contribution in [-0.4, -0.2) is 6.04 Å². The number of nitrogens with two attached hydrogens (primary N) is 1. The van der Waals surface area contributed by atoms with Gasteiger partial charge in [0, 0.05) is 6.04 Å². The minimum Gasteiger partial charge on any atom is -0.327 e. The molecule has 1 unspecified atom stereocenters. The van der Waals surface area contributed by atoms with E-state index < -0.39 is 11.6 Å². The lowest BCUT2D eigenvalue weighted by Crippen LogP contribution is -2.25. The van der Waals surface area contributed by atoms with Crippen LogP contribution in [0.3, 0.4) is 0 Å². The van der Waals surface area contributed by atoms with Crippen molar-refractivity contribution in [2.45, 2.75) is 18.9 Å². The van der Waals surface area contributed by atoms with E-state index in [0.717, 1.165) is 17.7 Å². The quantitative estimate of drug-likeness (QED) is 0.892. The lowest BCUT2D eigenvalue weighted by Gasteiger charge is -2.13. The van der Waals surface area contributed by atoms with Crippen LogP contribution in [0.4, 0.5) is 13.2 Å². The van der Waals surface area contributed by atoms with E-state index in [4.69, 9.17) is 5.73 Å². The highest BCUT2D eigenvalue weighted by Crippen LogP contribution is 2.22. The zero-order valence-corrected chi connectivity index (χ0v) is 12.1. The molecule has 0 aromatic heterocycles. The summed E-state index contributed by atoms with van der Waals surface area (Å²) in [5, 5.41) is 0. The van der Waals surface area contributed by atoms with Gasteiger partial charge in [0.2, 0.25) is 0 Å². The lowest BCUT2D eigenvalue weighted by molar-refractivity contribution is 0.506. The zero-order valence-electron chi connectivity index (χ0n) is 10.5. The van der Waals surface area contributed by atoms with Gasteiger partial charge in [0.05, 0.1) is 4.47 Å². The Balaban J connectivity index is 2.07. The van der Waals surface area contributed by atoms with Crippen LogP contribution in [0.1, 0.15) is 11.1 Å². The summed E-state index contributed by atoms with van der Waals surface area (Å²) in [6, 6.07) is 8.15. The summed E-state index contributed by atoms with van der Waals surface area (Å²) in [5.41, 5.74) is 7.35. The van der Waals surface area contributed by atoms with Crippen molar-refractivity contribution in [3.63, 3.8) is 0 Å². The minimum atomic E-state index is -0.887. The SMILES string of the molecule is NC(Cc1ccc(F)c(F)c1)Cc1cccc(F)c1Br. The first kappa shape index (κ1) is 15.1. The van der Waals surface area contributed by atoms with E-state index in [-0.39, 0.29) is 11.9 Å². The Labute approximate surface area is 123 Å². The van der Waals surface area contributed by atoms with Crippen molar-refractivity contribution in [1.82, 2.24) is 0 Å². The summed E-state index contributed by atoms with van der Waals surface area (Å²) in [5.74, 6) is -2.11. The fraction of sp³-hybridized carbons (Fsp3) is 0.200. The fourth-order valence-corrected chi connectivity index (χ4v) is 2.46. The van der Waals surface area contributed by atoms with Crippen molar-refractivity contribution in [1.29, 1.82) is 0 Å². The van der Waals surface area contributed by atoms with Crippen LogP contribution in [0.2, 0.25) is 0 Å². The molecule has 0 fully saturated rings. The van der Waals surface area contributed by atoms with Gasteiger partial charge < -0.3 is 5.73 Å². The van der Waals surface area contributed by atoms with Crippen molar-refractivity contribution in [3.05, 3.63) is 69.4 Å². The highest BCUT2D eigenvalue weighted by Gasteiger charge is 2.11. The molecule has 1 nitrogen and oxygen atoms in total. The van der Waals surface area contributed by atoms with E-state index in [1.165, 1.54) is 12.1 Å². The van der Waals surface area contributed by atoms with Crippen molar-refractivity contribution in [2.24, 2.45) is 5.73 Å². The van der Waals surface area contributed by atoms with E-state index in [9.17, 15) is 13.2 Å². The maximum absolute atomic E-state index is 13.4. The maximum atomic E-state index is 13.4. The summed E-state index contributed by atoms with van der Waals surface area (Å²) in [6.45, 7) is 0. The number of hydrogen-bond donors (Lipinski definition) is 1. The average Bonchev–Trinajstić information content (AvgIpc) is 2.39. The van der Waals surface area contributed by atoms with E-state index in [1.807, 2.05) is 0 Å². The molecular formula is C15H13BrF3N. The van der Waals surface area contributed by atoms with Crippen LogP contribution in [0.5, 0.6) is 0 Å². The summed E-state index contributed by atoms with van der Waals surface area (Å²) in [4.78, 5) is 0. The number of hydrogen-bond acceptors (Lipinski definition) is 1. The Hall–Kier alpha value is -1.33. The van der Waals surface area contributed by atoms with Gasteiger partial charge in [0.25, 0.3) is 0 Å². The Bertz CT molecular complexity index is 616. The zero-order chi connectivity index (χ0) is 14.7. The van der Waals surface area contributed by atoms with Gasteiger partial charge in [-0.25, -0.2) is 13.2 Å². The summed E-state index contributed by atoms with van der Waals surface area (Å²) in [6.07, 6.45) is 0.831. The molecule has 2 aromatic carbocycles. The highest BCUT2D eigenvalue weighted by atomic mass is 79.9. The van der Waals surface area contributed by atoms with Crippen LogP contribution in [0, 0.1) is 17.5 Å². The Morgan fingerprint density at radius 1 is 0.950 bits per heavy atom. The number of rotatable bonds is 4. The molecule has 0 aliphatic rings. The van der Waals surface area contributed by atoms with Crippen molar-refractivity contribution in [2.75, 3.05) is 0 Å². The molecule has 0 saturated carbocycles. The van der Waals surface area contributed by atoms with E-state index in [1.54, 1.807) is 12.1 Å². The molecule has 0 heterocycles. The van der Waals surface area contributed by atoms with E-state index in [2.05, 4.69) is 15.9 Å². The molecule has 0 radical (unpaired) electrons. The minimum absolute atomic E-state index is 0.307. The number of benzene rings is 2. The first-order valence-electron chi connectivity index (χ1n) is 6.09. The highest BCUT2D eigenvalue weighted by molar-refractivity contribution is 9.10. The molecule has 1 atom stereocenters. The lowest BCUT2D eigenvalue weighted by atomic mass is 9.99. The van der Waals surface area contributed by atoms with Gasteiger partial charge in [-0.1, -0.05) is 18.2 Å². The molecule has 106 valence electrons. The predicted octanol–water partition coefficient (Wildman–Crippen LogP) is 3.98. The smallest absolute Gasteiger partial charge is 0.159 e. The molecule has 0 saturated heterocycles. The topological polar surface area (TPSA) is 26.0 Å². The van der Waals surface area contributed by atoms with Crippen LogP contribution >= 0.6 is 15.9 Å². The molecule has 0 aliphatic heterocycles. The second-order valence-electron chi connectivity index (χ2n) is 4.63. The molecule has 0 bridgehead atoms. The van der Waals surface area contributed by atoms with Gasteiger partial charge in [-0.05, 0) is 58.1 Å². The standard InChI is InChI=1S/C15H13BrF3N/c16-15-10(2-1-3-13(15)18)8-11(20)6-9-4-5-12(17)14(19)7-9/h1-5,7,11H,6,8,20H2. The first-order chi connectivity index (χ1) is 9.47. The Morgan fingerprint density at radius 2 is 1.70 bits per heavy atom. The van der Waals surface area contributed by atoms with Crippen molar-refractivity contribution < 1.29 is 13.2 Å². The van der Waals surface area contributed by atoms with Gasteiger partial charge in [-0.2, -0.15) is 0 Å². The van der Waals surface area contributed by atoms with E-state index in [0.29, 0.717) is 22.9 Å². The summed E-state index contributed by atoms with van der Waals surface area (Å²) in [7, 11) is 0. The maximum Gasteiger partial charge on any atom is 0.159 e. The first-order valence-corrected chi connectivity index (χ1v) is 6.89. The third-order valence-electron chi connectivity index (χ3n) is 3.00. The summed E-state index contributed by atoms with van der Waals surface area (Å²) < 4.78 is 39.7. The monoisotopic (exact) mass is 343 g/mol. The van der Waals surface area contributed by atoms with E-state index >= 15 is 0 Å². The Morgan fingerprint density at radius 3 is 2.40 bits per heavy atom.